The second kappa shape index (κ2) is 5.81. The first-order valence-corrected chi connectivity index (χ1v) is 4.91. The Hall–Kier alpha value is -1.37. The van der Waals surface area contributed by atoms with E-state index in [1.807, 2.05) is 0 Å². The van der Waals surface area contributed by atoms with Gasteiger partial charge in [0.05, 0.1) is 19.2 Å². The van der Waals surface area contributed by atoms with Crippen molar-refractivity contribution in [3.63, 3.8) is 0 Å². The standard InChI is InChI=1S/C10H12F4N2O/c1-15-5-7-4-8(11)6-16-9(7)17-3-2-10(12,13)14/h4,6,15H,2-3,5H2,1H3. The summed E-state index contributed by atoms with van der Waals surface area (Å²) in [5, 5.41) is 2.75. The van der Waals surface area contributed by atoms with Crippen LogP contribution < -0.4 is 10.1 Å². The molecule has 1 aromatic rings. The van der Waals surface area contributed by atoms with Crippen LogP contribution in [0.3, 0.4) is 0 Å². The Kier molecular flexibility index (Phi) is 4.68. The van der Waals surface area contributed by atoms with Crippen molar-refractivity contribution >= 4 is 0 Å². The molecule has 0 bridgehead atoms. The number of pyridine rings is 1. The first-order chi connectivity index (χ1) is 7.92. The van der Waals surface area contributed by atoms with E-state index in [0.29, 0.717) is 5.56 Å². The van der Waals surface area contributed by atoms with Crippen LogP contribution in [0.1, 0.15) is 12.0 Å². The number of hydrogen-bond donors (Lipinski definition) is 1. The summed E-state index contributed by atoms with van der Waals surface area (Å²) in [6.45, 7) is -0.259. The van der Waals surface area contributed by atoms with Gasteiger partial charge < -0.3 is 10.1 Å². The van der Waals surface area contributed by atoms with E-state index in [1.54, 1.807) is 7.05 Å². The molecule has 0 aliphatic heterocycles. The molecular formula is C10H12F4N2O. The molecule has 0 fully saturated rings. The van der Waals surface area contributed by atoms with Gasteiger partial charge in [-0.15, -0.1) is 0 Å². The van der Waals surface area contributed by atoms with Gasteiger partial charge in [0.2, 0.25) is 5.88 Å². The van der Waals surface area contributed by atoms with E-state index in [2.05, 4.69) is 10.3 Å². The van der Waals surface area contributed by atoms with E-state index in [-0.39, 0.29) is 12.4 Å². The highest BCUT2D eigenvalue weighted by molar-refractivity contribution is 5.25. The molecule has 96 valence electrons. The van der Waals surface area contributed by atoms with E-state index < -0.39 is 25.0 Å². The van der Waals surface area contributed by atoms with Gasteiger partial charge in [0.25, 0.3) is 0 Å². The quantitative estimate of drug-likeness (QED) is 0.816. The summed E-state index contributed by atoms with van der Waals surface area (Å²) in [4.78, 5) is 3.61. The van der Waals surface area contributed by atoms with Crippen LogP contribution in [0.25, 0.3) is 0 Å². The summed E-state index contributed by atoms with van der Waals surface area (Å²) >= 11 is 0. The maximum atomic E-state index is 12.9. The third kappa shape index (κ3) is 4.99. The minimum Gasteiger partial charge on any atom is -0.477 e. The van der Waals surface area contributed by atoms with Crippen molar-refractivity contribution in [3.8, 4) is 5.88 Å². The molecule has 1 rings (SSSR count). The molecule has 0 aliphatic carbocycles. The molecule has 1 heterocycles. The number of nitrogens with one attached hydrogen (secondary N) is 1. The number of aromatic nitrogens is 1. The lowest BCUT2D eigenvalue weighted by Gasteiger charge is -2.11. The molecule has 1 aromatic heterocycles. The molecule has 0 radical (unpaired) electrons. The molecule has 3 nitrogen and oxygen atoms in total. The van der Waals surface area contributed by atoms with Crippen LogP contribution in [0.4, 0.5) is 17.6 Å². The number of rotatable bonds is 5. The second-order valence-corrected chi connectivity index (χ2v) is 3.36. The molecule has 7 heteroatoms. The molecule has 0 aromatic carbocycles. The highest BCUT2D eigenvalue weighted by Crippen LogP contribution is 2.21. The zero-order valence-electron chi connectivity index (χ0n) is 9.14. The summed E-state index contributed by atoms with van der Waals surface area (Å²) in [5.74, 6) is -0.538. The first kappa shape index (κ1) is 13.7. The predicted molar refractivity (Wildman–Crippen MR) is 53.1 cm³/mol. The third-order valence-corrected chi connectivity index (χ3v) is 1.88. The highest BCUT2D eigenvalue weighted by atomic mass is 19.4. The Balaban J connectivity index is 2.63. The molecule has 0 saturated carbocycles. The van der Waals surface area contributed by atoms with Crippen molar-refractivity contribution in [1.29, 1.82) is 0 Å². The Morgan fingerprint density at radius 3 is 2.71 bits per heavy atom. The fourth-order valence-corrected chi connectivity index (χ4v) is 1.18. The normalized spacial score (nSPS) is 11.6. The van der Waals surface area contributed by atoms with Crippen LogP contribution in [0.5, 0.6) is 5.88 Å². The van der Waals surface area contributed by atoms with Gasteiger partial charge in [-0.2, -0.15) is 13.2 Å². The van der Waals surface area contributed by atoms with Gasteiger partial charge in [-0.3, -0.25) is 0 Å². The maximum Gasteiger partial charge on any atom is 0.392 e. The van der Waals surface area contributed by atoms with Gasteiger partial charge in [0.15, 0.2) is 0 Å². The van der Waals surface area contributed by atoms with Crippen molar-refractivity contribution in [2.75, 3.05) is 13.7 Å². The van der Waals surface area contributed by atoms with Crippen molar-refractivity contribution in [1.82, 2.24) is 10.3 Å². The molecule has 0 spiro atoms. The summed E-state index contributed by atoms with van der Waals surface area (Å²) < 4.78 is 53.4. The monoisotopic (exact) mass is 252 g/mol. The van der Waals surface area contributed by atoms with Gasteiger partial charge in [0, 0.05) is 12.1 Å². The predicted octanol–water partition coefficient (Wildman–Crippen LogP) is 2.27. The molecule has 0 amide bonds. The highest BCUT2D eigenvalue weighted by Gasteiger charge is 2.27. The largest absolute Gasteiger partial charge is 0.477 e. The fourth-order valence-electron chi connectivity index (χ4n) is 1.18. The van der Waals surface area contributed by atoms with Gasteiger partial charge in [-0.1, -0.05) is 0 Å². The van der Waals surface area contributed by atoms with Crippen LogP contribution >= 0.6 is 0 Å². The number of halogens is 4. The minimum absolute atomic E-state index is 0.0185. The zero-order chi connectivity index (χ0) is 12.9. The molecule has 1 N–H and O–H groups in total. The molecule has 0 aliphatic rings. The fraction of sp³-hybridized carbons (Fsp3) is 0.500. The third-order valence-electron chi connectivity index (χ3n) is 1.88. The van der Waals surface area contributed by atoms with E-state index in [9.17, 15) is 17.6 Å². The van der Waals surface area contributed by atoms with E-state index >= 15 is 0 Å². The van der Waals surface area contributed by atoms with Crippen LogP contribution in [-0.4, -0.2) is 24.8 Å². The van der Waals surface area contributed by atoms with E-state index in [4.69, 9.17) is 4.74 Å². The Bertz CT molecular complexity index is 368. The first-order valence-electron chi connectivity index (χ1n) is 4.91. The van der Waals surface area contributed by atoms with E-state index in [1.165, 1.54) is 6.07 Å². The Morgan fingerprint density at radius 1 is 1.41 bits per heavy atom. The lowest BCUT2D eigenvalue weighted by molar-refractivity contribution is -0.139. The van der Waals surface area contributed by atoms with Crippen molar-refractivity contribution in [2.45, 2.75) is 19.1 Å². The summed E-state index contributed by atoms with van der Waals surface area (Å²) in [5.41, 5.74) is 0.384. The Morgan fingerprint density at radius 2 is 2.12 bits per heavy atom. The Labute approximate surface area is 95.8 Å². The molecule has 0 saturated heterocycles. The topological polar surface area (TPSA) is 34.2 Å². The molecule has 0 unspecified atom stereocenters. The van der Waals surface area contributed by atoms with Gasteiger partial charge >= 0.3 is 6.18 Å². The second-order valence-electron chi connectivity index (χ2n) is 3.36. The SMILES string of the molecule is CNCc1cc(F)cnc1OCCC(F)(F)F. The average molecular weight is 252 g/mol. The van der Waals surface area contributed by atoms with Crippen LogP contribution in [0.2, 0.25) is 0 Å². The lowest BCUT2D eigenvalue weighted by Crippen LogP contribution is -2.15. The van der Waals surface area contributed by atoms with Gasteiger partial charge in [-0.25, -0.2) is 9.37 Å². The number of hydrogen-bond acceptors (Lipinski definition) is 3. The summed E-state index contributed by atoms with van der Waals surface area (Å²) in [6.07, 6.45) is -4.43. The molecular weight excluding hydrogens is 240 g/mol. The minimum atomic E-state index is -4.27. The smallest absolute Gasteiger partial charge is 0.392 e. The van der Waals surface area contributed by atoms with Crippen molar-refractivity contribution in [3.05, 3.63) is 23.6 Å². The maximum absolute atomic E-state index is 12.9. The van der Waals surface area contributed by atoms with Gasteiger partial charge in [-0.05, 0) is 13.1 Å². The van der Waals surface area contributed by atoms with Crippen molar-refractivity contribution < 1.29 is 22.3 Å². The zero-order valence-corrected chi connectivity index (χ0v) is 9.14. The summed E-state index contributed by atoms with van der Waals surface area (Å²) in [6, 6.07) is 1.17. The van der Waals surface area contributed by atoms with Crippen LogP contribution in [0, 0.1) is 5.82 Å². The number of ether oxygens (including phenoxy) is 1. The number of nitrogens with zero attached hydrogens (tertiary/aromatic N) is 1. The van der Waals surface area contributed by atoms with Crippen LogP contribution in [-0.2, 0) is 6.54 Å². The van der Waals surface area contributed by atoms with E-state index in [0.717, 1.165) is 6.20 Å². The summed E-state index contributed by atoms with van der Waals surface area (Å²) in [7, 11) is 1.63. The van der Waals surface area contributed by atoms with Crippen molar-refractivity contribution in [2.24, 2.45) is 0 Å². The van der Waals surface area contributed by atoms with Crippen LogP contribution in [0.15, 0.2) is 12.3 Å². The molecule has 0 atom stereocenters. The number of alkyl halides is 3. The van der Waals surface area contributed by atoms with Gasteiger partial charge in [0.1, 0.15) is 5.82 Å². The lowest BCUT2D eigenvalue weighted by atomic mass is 10.2. The molecule has 17 heavy (non-hydrogen) atoms. The average Bonchev–Trinajstić information content (AvgIpc) is 2.20.